The van der Waals surface area contributed by atoms with Gasteiger partial charge in [0.1, 0.15) is 0 Å². The molecule has 0 aliphatic heterocycles. The summed E-state index contributed by atoms with van der Waals surface area (Å²) in [7, 11) is 4.60. The van der Waals surface area contributed by atoms with Crippen molar-refractivity contribution in [2.45, 2.75) is 6.92 Å². The van der Waals surface area contributed by atoms with Crippen LogP contribution in [0.15, 0.2) is 47.0 Å². The first kappa shape index (κ1) is 19.9. The highest BCUT2D eigenvalue weighted by atomic mass is 16.5. The highest BCUT2D eigenvalue weighted by Gasteiger charge is 2.14. The Bertz CT molecular complexity index is 1020. The summed E-state index contributed by atoms with van der Waals surface area (Å²) >= 11 is 0. The van der Waals surface area contributed by atoms with Gasteiger partial charge in [0.05, 0.1) is 32.6 Å². The number of para-hydroxylation sites is 1. The first-order valence-corrected chi connectivity index (χ1v) is 8.74. The van der Waals surface area contributed by atoms with Crippen LogP contribution in [0.1, 0.15) is 11.4 Å². The van der Waals surface area contributed by atoms with Crippen molar-refractivity contribution in [2.24, 2.45) is 0 Å². The van der Waals surface area contributed by atoms with E-state index in [0.29, 0.717) is 40.2 Å². The smallest absolute Gasteiger partial charge is 0.260 e. The number of aryl methyl sites for hydroxylation is 1. The third kappa shape index (κ3) is 4.55. The van der Waals surface area contributed by atoms with Gasteiger partial charge in [-0.25, -0.2) is 0 Å². The maximum atomic E-state index is 12.5. The minimum atomic E-state index is -0.317. The van der Waals surface area contributed by atoms with E-state index in [1.54, 1.807) is 37.3 Å². The second-order valence-corrected chi connectivity index (χ2v) is 5.97. The highest BCUT2D eigenvalue weighted by molar-refractivity contribution is 6.03. The van der Waals surface area contributed by atoms with E-state index < -0.39 is 0 Å². The largest absolute Gasteiger partial charge is 0.493 e. The van der Waals surface area contributed by atoms with Crippen molar-refractivity contribution in [1.29, 1.82) is 0 Å². The second kappa shape index (κ2) is 8.92. The summed E-state index contributed by atoms with van der Waals surface area (Å²) in [4.78, 5) is 16.7. The lowest BCUT2D eigenvalue weighted by atomic mass is 10.1. The third-order valence-electron chi connectivity index (χ3n) is 4.06. The van der Waals surface area contributed by atoms with Crippen LogP contribution in [-0.2, 0) is 4.79 Å². The van der Waals surface area contributed by atoms with E-state index in [1.807, 2.05) is 12.1 Å². The summed E-state index contributed by atoms with van der Waals surface area (Å²) in [5, 5.41) is 6.62. The van der Waals surface area contributed by atoms with Gasteiger partial charge in [0.2, 0.25) is 11.7 Å². The molecule has 0 aliphatic carbocycles. The molecule has 0 fully saturated rings. The lowest BCUT2D eigenvalue weighted by Crippen LogP contribution is -2.08. The molecule has 1 amide bonds. The molecule has 0 radical (unpaired) electrons. The number of rotatable bonds is 7. The van der Waals surface area contributed by atoms with Gasteiger partial charge in [-0.1, -0.05) is 17.3 Å². The van der Waals surface area contributed by atoms with E-state index >= 15 is 0 Å². The Morgan fingerprint density at radius 1 is 1.07 bits per heavy atom. The lowest BCUT2D eigenvalue weighted by molar-refractivity contribution is -0.111. The second-order valence-electron chi connectivity index (χ2n) is 5.97. The fourth-order valence-corrected chi connectivity index (χ4v) is 2.73. The average Bonchev–Trinajstić information content (AvgIpc) is 3.17. The fraction of sp³-hybridized carbons (Fsp3) is 0.190. The zero-order chi connectivity index (χ0) is 20.8. The summed E-state index contributed by atoms with van der Waals surface area (Å²) in [6.45, 7) is 1.73. The molecule has 0 saturated heterocycles. The number of anilines is 1. The van der Waals surface area contributed by atoms with Crippen LogP contribution in [0.25, 0.3) is 17.5 Å². The molecule has 0 bridgehead atoms. The molecular weight excluding hydrogens is 374 g/mol. The molecule has 150 valence electrons. The van der Waals surface area contributed by atoms with Gasteiger partial charge in [-0.15, -0.1) is 0 Å². The molecule has 3 aromatic rings. The van der Waals surface area contributed by atoms with Gasteiger partial charge in [-0.2, -0.15) is 4.98 Å². The molecular formula is C21H21N3O5. The number of hydrogen-bond acceptors (Lipinski definition) is 7. The number of nitrogens with zero attached hydrogens (tertiary/aromatic N) is 2. The standard InChI is InChI=1S/C21H21N3O5/c1-13-22-21(29-24-13)15-7-5-6-8-16(15)23-19(25)10-9-14-11-17(26-2)20(28-4)18(12-14)27-3/h5-12H,1-4H3,(H,23,25)/b10-9+. The van der Waals surface area contributed by atoms with Gasteiger partial charge >= 0.3 is 0 Å². The number of hydrogen-bond donors (Lipinski definition) is 1. The Morgan fingerprint density at radius 2 is 1.76 bits per heavy atom. The SMILES string of the molecule is COc1cc(/C=C/C(=O)Nc2ccccc2-c2nc(C)no2)cc(OC)c1OC. The number of amides is 1. The molecule has 1 N–H and O–H groups in total. The Hall–Kier alpha value is -3.81. The Labute approximate surface area is 168 Å². The molecule has 0 unspecified atom stereocenters. The molecule has 0 spiro atoms. The van der Waals surface area contributed by atoms with Crippen molar-refractivity contribution in [2.75, 3.05) is 26.6 Å². The first-order chi connectivity index (χ1) is 14.0. The molecule has 8 nitrogen and oxygen atoms in total. The molecule has 1 aromatic heterocycles. The maximum absolute atomic E-state index is 12.5. The van der Waals surface area contributed by atoms with E-state index in [4.69, 9.17) is 18.7 Å². The minimum Gasteiger partial charge on any atom is -0.493 e. The summed E-state index contributed by atoms with van der Waals surface area (Å²) in [5.41, 5.74) is 1.92. The Balaban J connectivity index is 1.81. The average molecular weight is 395 g/mol. The fourth-order valence-electron chi connectivity index (χ4n) is 2.73. The first-order valence-electron chi connectivity index (χ1n) is 8.74. The molecule has 29 heavy (non-hydrogen) atoms. The van der Waals surface area contributed by atoms with Crippen molar-refractivity contribution in [1.82, 2.24) is 10.1 Å². The number of aromatic nitrogens is 2. The van der Waals surface area contributed by atoms with E-state index in [0.717, 1.165) is 5.56 Å². The topological polar surface area (TPSA) is 95.7 Å². The molecule has 8 heteroatoms. The van der Waals surface area contributed by atoms with Crippen LogP contribution < -0.4 is 19.5 Å². The molecule has 3 rings (SSSR count). The number of methoxy groups -OCH3 is 3. The van der Waals surface area contributed by atoms with E-state index in [2.05, 4.69) is 15.5 Å². The van der Waals surface area contributed by atoms with E-state index in [-0.39, 0.29) is 5.91 Å². The lowest BCUT2D eigenvalue weighted by Gasteiger charge is -2.12. The zero-order valence-electron chi connectivity index (χ0n) is 16.6. The third-order valence-corrected chi connectivity index (χ3v) is 4.06. The van der Waals surface area contributed by atoms with Crippen LogP contribution in [0.5, 0.6) is 17.2 Å². The summed E-state index contributed by atoms with van der Waals surface area (Å²) < 4.78 is 21.2. The van der Waals surface area contributed by atoms with Crippen LogP contribution in [0.4, 0.5) is 5.69 Å². The normalized spacial score (nSPS) is 10.8. The van der Waals surface area contributed by atoms with E-state index in [9.17, 15) is 4.79 Å². The summed E-state index contributed by atoms with van der Waals surface area (Å²) in [5.74, 6) is 2.03. The quantitative estimate of drug-likeness (QED) is 0.609. The monoisotopic (exact) mass is 395 g/mol. The van der Waals surface area contributed by atoms with Crippen LogP contribution in [-0.4, -0.2) is 37.4 Å². The maximum Gasteiger partial charge on any atom is 0.260 e. The number of nitrogens with one attached hydrogen (secondary N) is 1. The van der Waals surface area contributed by atoms with Crippen LogP contribution in [0, 0.1) is 6.92 Å². The zero-order valence-corrected chi connectivity index (χ0v) is 16.6. The van der Waals surface area contributed by atoms with Gasteiger partial charge in [-0.3, -0.25) is 4.79 Å². The van der Waals surface area contributed by atoms with Crippen LogP contribution in [0.3, 0.4) is 0 Å². The molecule has 0 atom stereocenters. The summed E-state index contributed by atoms with van der Waals surface area (Å²) in [6.07, 6.45) is 3.07. The van der Waals surface area contributed by atoms with Crippen molar-refractivity contribution >= 4 is 17.7 Å². The van der Waals surface area contributed by atoms with E-state index in [1.165, 1.54) is 27.4 Å². The Kier molecular flexibility index (Phi) is 6.13. The Morgan fingerprint density at radius 3 is 2.34 bits per heavy atom. The molecule has 1 heterocycles. The van der Waals surface area contributed by atoms with Gasteiger partial charge in [0.25, 0.3) is 5.89 Å². The van der Waals surface area contributed by atoms with Crippen molar-refractivity contribution in [3.05, 3.63) is 53.9 Å². The van der Waals surface area contributed by atoms with Crippen LogP contribution >= 0.6 is 0 Å². The molecule has 2 aromatic carbocycles. The van der Waals surface area contributed by atoms with Gasteiger partial charge in [0.15, 0.2) is 17.3 Å². The number of benzene rings is 2. The van der Waals surface area contributed by atoms with Gasteiger partial charge in [0, 0.05) is 6.08 Å². The summed E-state index contributed by atoms with van der Waals surface area (Å²) in [6, 6.07) is 10.7. The number of carbonyl (C=O) groups excluding carboxylic acids is 1. The van der Waals surface area contributed by atoms with Gasteiger partial charge < -0.3 is 24.1 Å². The minimum absolute atomic E-state index is 0.317. The van der Waals surface area contributed by atoms with Crippen molar-refractivity contribution in [3.63, 3.8) is 0 Å². The van der Waals surface area contributed by atoms with Crippen molar-refractivity contribution in [3.8, 4) is 28.7 Å². The predicted octanol–water partition coefficient (Wildman–Crippen LogP) is 3.72. The van der Waals surface area contributed by atoms with Crippen LogP contribution in [0.2, 0.25) is 0 Å². The number of ether oxygens (including phenoxy) is 3. The highest BCUT2D eigenvalue weighted by Crippen LogP contribution is 2.38. The molecule has 0 saturated carbocycles. The molecule has 0 aliphatic rings. The van der Waals surface area contributed by atoms with Gasteiger partial charge in [-0.05, 0) is 42.8 Å². The van der Waals surface area contributed by atoms with Crippen molar-refractivity contribution < 1.29 is 23.5 Å². The number of carbonyl (C=O) groups is 1. The predicted molar refractivity (Wildman–Crippen MR) is 108 cm³/mol.